The van der Waals surface area contributed by atoms with E-state index in [1.165, 1.54) is 0 Å². The van der Waals surface area contributed by atoms with Gasteiger partial charge in [0, 0.05) is 32.7 Å². The van der Waals surface area contributed by atoms with Crippen molar-refractivity contribution in [2.24, 2.45) is 5.73 Å². The fourth-order valence-electron chi connectivity index (χ4n) is 2.27. The lowest BCUT2D eigenvalue weighted by molar-refractivity contribution is 0.136. The summed E-state index contributed by atoms with van der Waals surface area (Å²) in [5, 5.41) is 0. The number of sulfone groups is 1. The molecule has 1 saturated heterocycles. The minimum Gasteiger partial charge on any atom is -0.330 e. The van der Waals surface area contributed by atoms with E-state index in [-0.39, 0.29) is 5.75 Å². The summed E-state index contributed by atoms with van der Waals surface area (Å²) in [6.07, 6.45) is 2.25. The molecule has 0 aromatic heterocycles. The molecule has 0 aromatic carbocycles. The van der Waals surface area contributed by atoms with Gasteiger partial charge in [-0.25, -0.2) is 8.42 Å². The molecule has 0 radical (unpaired) electrons. The number of nitrogens with zero attached hydrogens (tertiary/aromatic N) is 2. The van der Waals surface area contributed by atoms with Gasteiger partial charge in [-0.3, -0.25) is 4.90 Å². The highest BCUT2D eigenvalue weighted by Crippen LogP contribution is 2.16. The Balaban J connectivity index is 2.26. The molecular weight excluding hydrogens is 274 g/mol. The maximum Gasteiger partial charge on any atom is 0.156 e. The highest BCUT2D eigenvalue weighted by atomic mass is 32.2. The summed E-state index contributed by atoms with van der Waals surface area (Å²) in [5.41, 5.74) is 5.50. The highest BCUT2D eigenvalue weighted by Gasteiger charge is 2.29. The maximum atomic E-state index is 12.1. The first-order valence-electron chi connectivity index (χ1n) is 7.63. The fourth-order valence-corrected chi connectivity index (χ4v) is 3.38. The molecule has 1 aliphatic rings. The van der Waals surface area contributed by atoms with Crippen LogP contribution >= 0.6 is 0 Å². The topological polar surface area (TPSA) is 66.6 Å². The Kier molecular flexibility index (Phi) is 6.91. The van der Waals surface area contributed by atoms with Crippen LogP contribution in [0.5, 0.6) is 0 Å². The number of nitrogens with two attached hydrogens (primary N) is 1. The standard InChI is InChI=1S/C14H31N3O2S/c1-14(2,3)20(18,19)13-12-17-10-8-16(9-11-17)7-5-4-6-15/h4-13,15H2,1-3H3. The molecule has 6 heteroatoms. The lowest BCUT2D eigenvalue weighted by atomic mass is 10.2. The molecule has 0 unspecified atom stereocenters. The third-order valence-electron chi connectivity index (χ3n) is 4.00. The second-order valence-electron chi connectivity index (χ2n) is 6.61. The lowest BCUT2D eigenvalue weighted by Gasteiger charge is -2.35. The van der Waals surface area contributed by atoms with Crippen LogP contribution in [0.25, 0.3) is 0 Å². The first-order chi connectivity index (χ1) is 9.26. The zero-order valence-corrected chi connectivity index (χ0v) is 14.1. The Morgan fingerprint density at radius 3 is 1.90 bits per heavy atom. The molecule has 0 spiro atoms. The summed E-state index contributed by atoms with van der Waals surface area (Å²) in [6.45, 7) is 11.9. The zero-order valence-electron chi connectivity index (χ0n) is 13.3. The third-order valence-corrected chi connectivity index (χ3v) is 6.59. The van der Waals surface area contributed by atoms with Crippen molar-refractivity contribution in [3.8, 4) is 0 Å². The number of hydrogen-bond donors (Lipinski definition) is 1. The number of piperazine rings is 1. The predicted molar refractivity (Wildman–Crippen MR) is 84.7 cm³/mol. The number of rotatable bonds is 7. The Morgan fingerprint density at radius 1 is 0.950 bits per heavy atom. The SMILES string of the molecule is CC(C)(C)S(=O)(=O)CCN1CCN(CCCCN)CC1. The van der Waals surface area contributed by atoms with Crippen LogP contribution in [0.2, 0.25) is 0 Å². The van der Waals surface area contributed by atoms with Crippen LogP contribution in [0.3, 0.4) is 0 Å². The van der Waals surface area contributed by atoms with Gasteiger partial charge >= 0.3 is 0 Å². The predicted octanol–water partition coefficient (Wildman–Crippen LogP) is 0.556. The molecule has 2 N–H and O–H groups in total. The van der Waals surface area contributed by atoms with Crippen LogP contribution < -0.4 is 5.73 Å². The van der Waals surface area contributed by atoms with E-state index in [1.807, 2.05) is 0 Å². The monoisotopic (exact) mass is 305 g/mol. The molecule has 0 atom stereocenters. The quantitative estimate of drug-likeness (QED) is 0.696. The van der Waals surface area contributed by atoms with Crippen molar-refractivity contribution in [1.29, 1.82) is 0 Å². The van der Waals surface area contributed by atoms with Gasteiger partial charge in [-0.05, 0) is 46.7 Å². The normalized spacial score (nSPS) is 19.4. The summed E-state index contributed by atoms with van der Waals surface area (Å²) in [4.78, 5) is 4.72. The Labute approximate surface area is 124 Å². The van der Waals surface area contributed by atoms with Crippen molar-refractivity contribution in [2.45, 2.75) is 38.4 Å². The lowest BCUT2D eigenvalue weighted by Crippen LogP contribution is -2.48. The average Bonchev–Trinajstić information content (AvgIpc) is 2.37. The molecule has 1 aliphatic heterocycles. The molecular formula is C14H31N3O2S. The zero-order chi connectivity index (χ0) is 15.2. The van der Waals surface area contributed by atoms with Crippen molar-refractivity contribution in [3.05, 3.63) is 0 Å². The van der Waals surface area contributed by atoms with Gasteiger partial charge in [0.25, 0.3) is 0 Å². The van der Waals surface area contributed by atoms with E-state index in [4.69, 9.17) is 5.73 Å². The van der Waals surface area contributed by atoms with Crippen LogP contribution in [0, 0.1) is 0 Å². The van der Waals surface area contributed by atoms with Crippen molar-refractivity contribution < 1.29 is 8.42 Å². The second-order valence-corrected chi connectivity index (χ2v) is 9.47. The van der Waals surface area contributed by atoms with Crippen LogP contribution in [-0.2, 0) is 9.84 Å². The minimum atomic E-state index is -3.00. The van der Waals surface area contributed by atoms with Crippen molar-refractivity contribution in [3.63, 3.8) is 0 Å². The maximum absolute atomic E-state index is 12.1. The van der Waals surface area contributed by atoms with Gasteiger partial charge in [-0.2, -0.15) is 0 Å². The van der Waals surface area contributed by atoms with Gasteiger partial charge < -0.3 is 10.6 Å². The third kappa shape index (κ3) is 5.68. The van der Waals surface area contributed by atoms with Gasteiger partial charge in [0.05, 0.1) is 10.5 Å². The van der Waals surface area contributed by atoms with E-state index in [1.54, 1.807) is 20.8 Å². The summed E-state index contributed by atoms with van der Waals surface area (Å²) in [5.74, 6) is 0.268. The van der Waals surface area contributed by atoms with Crippen LogP contribution in [0.15, 0.2) is 0 Å². The van der Waals surface area contributed by atoms with E-state index in [0.717, 1.165) is 52.1 Å². The number of hydrogen-bond acceptors (Lipinski definition) is 5. The first-order valence-corrected chi connectivity index (χ1v) is 9.28. The molecule has 0 aliphatic carbocycles. The Bertz CT molecular complexity index is 368. The van der Waals surface area contributed by atoms with Gasteiger partial charge in [0.2, 0.25) is 0 Å². The summed E-state index contributed by atoms with van der Waals surface area (Å²) < 4.78 is 23.5. The van der Waals surface area contributed by atoms with E-state index < -0.39 is 14.6 Å². The molecule has 5 nitrogen and oxygen atoms in total. The molecule has 20 heavy (non-hydrogen) atoms. The van der Waals surface area contributed by atoms with Gasteiger partial charge in [0.1, 0.15) is 0 Å². The molecule has 0 aromatic rings. The fraction of sp³-hybridized carbons (Fsp3) is 1.00. The van der Waals surface area contributed by atoms with Crippen LogP contribution in [0.4, 0.5) is 0 Å². The first kappa shape index (κ1) is 17.9. The molecule has 0 saturated carbocycles. The summed E-state index contributed by atoms with van der Waals surface area (Å²) in [7, 11) is -3.00. The summed E-state index contributed by atoms with van der Waals surface area (Å²) in [6, 6.07) is 0. The smallest absolute Gasteiger partial charge is 0.156 e. The van der Waals surface area contributed by atoms with Crippen molar-refractivity contribution >= 4 is 9.84 Å². The van der Waals surface area contributed by atoms with Gasteiger partial charge in [-0.1, -0.05) is 0 Å². The second kappa shape index (κ2) is 7.73. The average molecular weight is 305 g/mol. The van der Waals surface area contributed by atoms with Gasteiger partial charge in [-0.15, -0.1) is 0 Å². The molecule has 0 bridgehead atoms. The van der Waals surface area contributed by atoms with Crippen LogP contribution in [-0.4, -0.2) is 74.5 Å². The van der Waals surface area contributed by atoms with Crippen LogP contribution in [0.1, 0.15) is 33.6 Å². The highest BCUT2D eigenvalue weighted by molar-refractivity contribution is 7.92. The molecule has 0 amide bonds. The summed E-state index contributed by atoms with van der Waals surface area (Å²) >= 11 is 0. The Hall–Kier alpha value is -0.170. The van der Waals surface area contributed by atoms with Gasteiger partial charge in [0.15, 0.2) is 9.84 Å². The molecule has 1 fully saturated rings. The van der Waals surface area contributed by atoms with E-state index in [0.29, 0.717) is 6.54 Å². The number of unbranched alkanes of at least 4 members (excludes halogenated alkanes) is 1. The minimum absolute atomic E-state index is 0.268. The molecule has 1 rings (SSSR count). The largest absolute Gasteiger partial charge is 0.330 e. The van der Waals surface area contributed by atoms with Crippen molar-refractivity contribution in [1.82, 2.24) is 9.80 Å². The van der Waals surface area contributed by atoms with E-state index >= 15 is 0 Å². The van der Waals surface area contributed by atoms with Crippen molar-refractivity contribution in [2.75, 3.05) is 51.6 Å². The van der Waals surface area contributed by atoms with E-state index in [9.17, 15) is 8.42 Å². The molecule has 120 valence electrons. The van der Waals surface area contributed by atoms with E-state index in [2.05, 4.69) is 9.80 Å². The Morgan fingerprint density at radius 2 is 1.45 bits per heavy atom. The molecule has 1 heterocycles.